The molecule has 0 bridgehead atoms. The van der Waals surface area contributed by atoms with Crippen molar-refractivity contribution in [2.45, 2.75) is 0 Å². The molecule has 6 heteroatoms. The molecule has 6 nitrogen and oxygen atoms in total. The van der Waals surface area contributed by atoms with E-state index in [9.17, 15) is 4.79 Å². The Morgan fingerprint density at radius 1 is 0.676 bits per heavy atom. The van der Waals surface area contributed by atoms with Gasteiger partial charge in [-0.25, -0.2) is 9.78 Å². The van der Waals surface area contributed by atoms with Crippen LogP contribution in [0.25, 0.3) is 33.5 Å². The number of rotatable bonds is 2. The first-order valence-corrected chi connectivity index (χ1v) is 10.8. The Morgan fingerprint density at radius 3 is 2.15 bits per heavy atom. The zero-order valence-electron chi connectivity index (χ0n) is 17.8. The number of para-hydroxylation sites is 6. The van der Waals surface area contributed by atoms with Gasteiger partial charge in [-0.3, -0.25) is 0 Å². The van der Waals surface area contributed by atoms with E-state index in [2.05, 4.69) is 9.88 Å². The maximum absolute atomic E-state index is 12.9. The lowest BCUT2D eigenvalue weighted by atomic mass is 10.1. The average molecular weight is 444 g/mol. The van der Waals surface area contributed by atoms with Gasteiger partial charge in [-0.2, -0.15) is 0 Å². The molecule has 0 radical (unpaired) electrons. The van der Waals surface area contributed by atoms with Crippen molar-refractivity contribution < 1.29 is 13.6 Å². The van der Waals surface area contributed by atoms with E-state index in [1.54, 1.807) is 6.07 Å². The zero-order chi connectivity index (χ0) is 22.6. The monoisotopic (exact) mass is 444 g/mol. The molecular formula is C28H16N2O4. The molecule has 3 heterocycles. The molecule has 4 aromatic carbocycles. The summed E-state index contributed by atoms with van der Waals surface area (Å²) in [4.78, 5) is 19.4. The van der Waals surface area contributed by atoms with Gasteiger partial charge in [0, 0.05) is 11.5 Å². The quantitative estimate of drug-likeness (QED) is 0.263. The third-order valence-corrected chi connectivity index (χ3v) is 5.93. The van der Waals surface area contributed by atoms with Crippen molar-refractivity contribution in [1.29, 1.82) is 0 Å². The van der Waals surface area contributed by atoms with Crippen molar-refractivity contribution in [3.05, 3.63) is 107 Å². The van der Waals surface area contributed by atoms with Crippen LogP contribution in [0.15, 0.2) is 111 Å². The maximum Gasteiger partial charge on any atom is 0.349 e. The molecule has 1 aliphatic rings. The third-order valence-electron chi connectivity index (χ3n) is 5.93. The Hall–Kier alpha value is -4.84. The lowest BCUT2D eigenvalue weighted by Gasteiger charge is -2.32. The van der Waals surface area contributed by atoms with Gasteiger partial charge in [0.25, 0.3) is 0 Å². The van der Waals surface area contributed by atoms with Gasteiger partial charge in [-0.1, -0.05) is 36.4 Å². The molecule has 0 saturated heterocycles. The number of benzene rings is 4. The summed E-state index contributed by atoms with van der Waals surface area (Å²) in [5.74, 6) is 1.76. The standard InChI is InChI=1S/C28H16N2O4/c31-28-19(27-29-20-7-1-4-10-23(20)33-27)15-17-13-14-18(16-26(17)34-28)30-21-8-2-5-11-24(21)32-25-12-6-3-9-22(25)30/h1-16H. The summed E-state index contributed by atoms with van der Waals surface area (Å²) >= 11 is 0. The number of fused-ring (bicyclic) bond motifs is 4. The number of aromatic nitrogens is 1. The van der Waals surface area contributed by atoms with Crippen LogP contribution in [0.5, 0.6) is 11.5 Å². The van der Waals surface area contributed by atoms with E-state index in [1.165, 1.54) is 0 Å². The van der Waals surface area contributed by atoms with E-state index in [4.69, 9.17) is 13.6 Å². The number of hydrogen-bond acceptors (Lipinski definition) is 6. The van der Waals surface area contributed by atoms with Gasteiger partial charge in [-0.15, -0.1) is 0 Å². The fourth-order valence-electron chi connectivity index (χ4n) is 4.36. The summed E-state index contributed by atoms with van der Waals surface area (Å²) in [7, 11) is 0. The van der Waals surface area contributed by atoms with Crippen LogP contribution in [0.3, 0.4) is 0 Å². The van der Waals surface area contributed by atoms with Gasteiger partial charge < -0.3 is 18.5 Å². The molecule has 0 N–H and O–H groups in total. The molecule has 7 rings (SSSR count). The van der Waals surface area contributed by atoms with Gasteiger partial charge in [0.05, 0.1) is 17.1 Å². The molecule has 0 aliphatic carbocycles. The molecule has 0 spiro atoms. The third kappa shape index (κ3) is 2.82. The first-order valence-electron chi connectivity index (χ1n) is 10.8. The number of nitrogens with zero attached hydrogens (tertiary/aromatic N) is 2. The van der Waals surface area contributed by atoms with Crippen LogP contribution < -0.4 is 15.3 Å². The predicted octanol–water partition coefficient (Wildman–Crippen LogP) is 7.18. The Morgan fingerprint density at radius 2 is 1.38 bits per heavy atom. The highest BCUT2D eigenvalue weighted by Crippen LogP contribution is 2.50. The predicted molar refractivity (Wildman–Crippen MR) is 130 cm³/mol. The summed E-state index contributed by atoms with van der Waals surface area (Å²) in [5, 5.41) is 0.774. The van der Waals surface area contributed by atoms with Crippen LogP contribution in [0.1, 0.15) is 0 Å². The Labute approximate surface area is 193 Å². The molecule has 0 fully saturated rings. The topological polar surface area (TPSA) is 68.7 Å². The first-order chi connectivity index (χ1) is 16.7. The normalized spacial score (nSPS) is 12.4. The smallest absolute Gasteiger partial charge is 0.349 e. The van der Waals surface area contributed by atoms with Crippen molar-refractivity contribution in [1.82, 2.24) is 4.98 Å². The second-order valence-electron chi connectivity index (χ2n) is 8.03. The minimum absolute atomic E-state index is 0.247. The summed E-state index contributed by atoms with van der Waals surface area (Å²) in [6.07, 6.45) is 0. The number of oxazole rings is 1. The van der Waals surface area contributed by atoms with E-state index in [-0.39, 0.29) is 5.89 Å². The number of hydrogen-bond donors (Lipinski definition) is 0. The van der Waals surface area contributed by atoms with Crippen LogP contribution in [-0.2, 0) is 0 Å². The molecule has 0 unspecified atom stereocenters. The fourth-order valence-corrected chi connectivity index (χ4v) is 4.36. The molecule has 162 valence electrons. The Bertz CT molecular complexity index is 1700. The first kappa shape index (κ1) is 18.7. The number of ether oxygens (including phenoxy) is 1. The van der Waals surface area contributed by atoms with E-state index in [0.717, 1.165) is 33.9 Å². The van der Waals surface area contributed by atoms with Gasteiger partial charge >= 0.3 is 5.63 Å². The van der Waals surface area contributed by atoms with Crippen molar-refractivity contribution in [2.24, 2.45) is 0 Å². The summed E-state index contributed by atoms with van der Waals surface area (Å²) in [6.45, 7) is 0. The lowest BCUT2D eigenvalue weighted by molar-refractivity contribution is 0.477. The van der Waals surface area contributed by atoms with Crippen molar-refractivity contribution >= 4 is 39.1 Å². The van der Waals surface area contributed by atoms with Crippen LogP contribution in [0.2, 0.25) is 0 Å². The summed E-state index contributed by atoms with van der Waals surface area (Å²) in [6, 6.07) is 30.7. The zero-order valence-corrected chi connectivity index (χ0v) is 17.8. The van der Waals surface area contributed by atoms with Crippen LogP contribution in [0.4, 0.5) is 17.1 Å². The molecule has 1 aliphatic heterocycles. The summed E-state index contributed by atoms with van der Waals surface area (Å²) < 4.78 is 17.6. The second kappa shape index (κ2) is 7.08. The van der Waals surface area contributed by atoms with Gasteiger partial charge in [0.1, 0.15) is 16.7 Å². The van der Waals surface area contributed by atoms with Crippen LogP contribution >= 0.6 is 0 Å². The van der Waals surface area contributed by atoms with Crippen molar-refractivity contribution in [2.75, 3.05) is 4.90 Å². The minimum atomic E-state index is -0.501. The lowest BCUT2D eigenvalue weighted by Crippen LogP contribution is -2.15. The molecule has 34 heavy (non-hydrogen) atoms. The van der Waals surface area contributed by atoms with Gasteiger partial charge in [0.2, 0.25) is 5.89 Å². The summed E-state index contributed by atoms with van der Waals surface area (Å²) in [5.41, 5.74) is 4.25. The van der Waals surface area contributed by atoms with E-state index < -0.39 is 5.63 Å². The highest BCUT2D eigenvalue weighted by molar-refractivity contribution is 5.91. The molecule has 0 saturated carbocycles. The Kier molecular flexibility index (Phi) is 3.90. The van der Waals surface area contributed by atoms with Crippen LogP contribution in [0, 0.1) is 0 Å². The minimum Gasteiger partial charge on any atom is -0.453 e. The van der Waals surface area contributed by atoms with E-state index in [0.29, 0.717) is 22.2 Å². The molecule has 2 aromatic heterocycles. The van der Waals surface area contributed by atoms with E-state index in [1.807, 2.05) is 91.0 Å². The van der Waals surface area contributed by atoms with Gasteiger partial charge in [0.15, 0.2) is 17.1 Å². The van der Waals surface area contributed by atoms with E-state index >= 15 is 0 Å². The molecular weight excluding hydrogens is 428 g/mol. The van der Waals surface area contributed by atoms with Crippen molar-refractivity contribution in [3.63, 3.8) is 0 Å². The highest BCUT2D eigenvalue weighted by Gasteiger charge is 2.25. The largest absolute Gasteiger partial charge is 0.453 e. The second-order valence-corrected chi connectivity index (χ2v) is 8.03. The van der Waals surface area contributed by atoms with Crippen LogP contribution in [-0.4, -0.2) is 4.98 Å². The molecule has 0 atom stereocenters. The number of anilines is 3. The molecule has 6 aromatic rings. The van der Waals surface area contributed by atoms with Crippen molar-refractivity contribution in [3.8, 4) is 23.0 Å². The molecule has 0 amide bonds. The van der Waals surface area contributed by atoms with Gasteiger partial charge in [-0.05, 0) is 54.6 Å². The highest BCUT2D eigenvalue weighted by atomic mass is 16.5. The maximum atomic E-state index is 12.9. The Balaban J connectivity index is 1.38. The fraction of sp³-hybridized carbons (Fsp3) is 0. The average Bonchev–Trinajstić information content (AvgIpc) is 3.30. The SMILES string of the molecule is O=c1oc2cc(N3c4ccccc4Oc4ccccc43)ccc2cc1-c1nc2ccccc2o1.